The highest BCUT2D eigenvalue weighted by Crippen LogP contribution is 2.31. The van der Waals surface area contributed by atoms with Gasteiger partial charge in [-0.2, -0.15) is 5.26 Å². The molecule has 0 aliphatic heterocycles. The van der Waals surface area contributed by atoms with Gasteiger partial charge < -0.3 is 10.6 Å². The van der Waals surface area contributed by atoms with E-state index in [1.807, 2.05) is 87.6 Å². The minimum absolute atomic E-state index is 0.111. The second-order valence-corrected chi connectivity index (χ2v) is 13.1. The van der Waals surface area contributed by atoms with Gasteiger partial charge in [0.25, 0.3) is 11.8 Å². The van der Waals surface area contributed by atoms with Gasteiger partial charge in [-0.05, 0) is 34.1 Å². The molecule has 4 rings (SSSR count). The smallest absolute Gasteiger partial charge is 0.264 e. The molecule has 0 fully saturated rings. The maximum atomic E-state index is 14.8. The van der Waals surface area contributed by atoms with E-state index in [1.54, 1.807) is 23.6 Å². The minimum atomic E-state index is -1.24. The Morgan fingerprint density at radius 3 is 2.04 bits per heavy atom. The van der Waals surface area contributed by atoms with Crippen molar-refractivity contribution in [2.45, 2.75) is 45.3 Å². The zero-order valence-electron chi connectivity index (χ0n) is 25.9. The summed E-state index contributed by atoms with van der Waals surface area (Å²) < 4.78 is 14.8. The number of nitrogens with one attached hydrogen (secondary N) is 2. The van der Waals surface area contributed by atoms with Gasteiger partial charge in [0.15, 0.2) is 6.19 Å². The molecule has 0 radical (unpaired) electrons. The highest BCUT2D eigenvalue weighted by atomic mass is 35.5. The molecule has 0 saturated carbocycles. The number of hydrogen-bond acceptors (Lipinski definition) is 6. The van der Waals surface area contributed by atoms with Crippen molar-refractivity contribution in [3.8, 4) is 6.19 Å². The first kappa shape index (κ1) is 34.2. The number of carbonyl (C=O) groups is 3. The number of likely N-dealkylation sites (N-methyl/N-ethyl adjacent to an activating group) is 1. The predicted molar refractivity (Wildman–Crippen MR) is 177 cm³/mol. The van der Waals surface area contributed by atoms with Gasteiger partial charge in [0.1, 0.15) is 17.9 Å². The molecule has 2 atom stereocenters. The van der Waals surface area contributed by atoms with Crippen LogP contribution in [0.1, 0.15) is 53.1 Å². The Morgan fingerprint density at radius 1 is 0.913 bits per heavy atom. The van der Waals surface area contributed by atoms with Gasteiger partial charge >= 0.3 is 0 Å². The van der Waals surface area contributed by atoms with Crippen molar-refractivity contribution in [1.82, 2.24) is 20.7 Å². The van der Waals surface area contributed by atoms with Crippen LogP contribution in [-0.2, 0) is 16.1 Å². The molecule has 3 amide bonds. The van der Waals surface area contributed by atoms with Crippen molar-refractivity contribution in [3.63, 3.8) is 0 Å². The largest absolute Gasteiger partial charge is 0.342 e. The molecule has 0 aliphatic rings. The Kier molecular flexibility index (Phi) is 11.2. The summed E-state index contributed by atoms with van der Waals surface area (Å²) in [5, 5.41) is 19.6. The number of thiophene rings is 1. The van der Waals surface area contributed by atoms with Gasteiger partial charge in [-0.1, -0.05) is 111 Å². The summed E-state index contributed by atoms with van der Waals surface area (Å²) in [5.74, 6) is -3.01. The second-order valence-electron chi connectivity index (χ2n) is 11.8. The molecule has 4 aromatic rings. The van der Waals surface area contributed by atoms with E-state index in [0.717, 1.165) is 21.1 Å². The number of nitriles is 1. The van der Waals surface area contributed by atoms with Crippen LogP contribution in [0.5, 0.6) is 0 Å². The summed E-state index contributed by atoms with van der Waals surface area (Å²) >= 11 is 7.22. The third-order valence-electron chi connectivity index (χ3n) is 7.51. The quantitative estimate of drug-likeness (QED) is 0.111. The molecule has 238 valence electrons. The maximum Gasteiger partial charge on any atom is 0.264 e. The van der Waals surface area contributed by atoms with Crippen LogP contribution in [0.4, 0.5) is 4.39 Å². The van der Waals surface area contributed by atoms with Crippen molar-refractivity contribution in [2.24, 2.45) is 5.41 Å². The van der Waals surface area contributed by atoms with Crippen molar-refractivity contribution in [3.05, 3.63) is 129 Å². The third kappa shape index (κ3) is 8.10. The molecule has 3 aromatic carbocycles. The third-order valence-corrected chi connectivity index (χ3v) is 8.67. The summed E-state index contributed by atoms with van der Waals surface area (Å²) in [7, 11) is 1.39. The Labute approximate surface area is 277 Å². The van der Waals surface area contributed by atoms with Gasteiger partial charge in [0.05, 0.1) is 16.4 Å². The number of carbonyl (C=O) groups excluding carboxylic acids is 3. The van der Waals surface area contributed by atoms with E-state index in [0.29, 0.717) is 4.88 Å². The fraction of sp³-hybridized carbons (Fsp3) is 0.257. The van der Waals surface area contributed by atoms with Gasteiger partial charge in [-0.25, -0.2) is 14.4 Å². The van der Waals surface area contributed by atoms with Crippen molar-refractivity contribution in [1.29, 1.82) is 5.26 Å². The van der Waals surface area contributed by atoms with Crippen LogP contribution in [-0.4, -0.2) is 46.9 Å². The van der Waals surface area contributed by atoms with E-state index >= 15 is 0 Å². The van der Waals surface area contributed by atoms with Gasteiger partial charge in [-0.3, -0.25) is 14.4 Å². The number of benzene rings is 3. The first-order valence-corrected chi connectivity index (χ1v) is 15.8. The lowest BCUT2D eigenvalue weighted by Gasteiger charge is -2.37. The number of amides is 3. The first-order chi connectivity index (χ1) is 21.9. The molecule has 1 heterocycles. The highest BCUT2D eigenvalue weighted by Gasteiger charge is 2.40. The summed E-state index contributed by atoms with van der Waals surface area (Å²) in [6, 6.07) is 24.0. The summed E-state index contributed by atoms with van der Waals surface area (Å²) in [6.07, 6.45) is 1.95. The molecule has 0 spiro atoms. The fourth-order valence-corrected chi connectivity index (χ4v) is 5.89. The van der Waals surface area contributed by atoms with E-state index < -0.39 is 47.0 Å². The van der Waals surface area contributed by atoms with Gasteiger partial charge in [-0.15, -0.1) is 11.3 Å². The van der Waals surface area contributed by atoms with Gasteiger partial charge in [0, 0.05) is 18.5 Å². The molecule has 1 aromatic heterocycles. The zero-order chi connectivity index (χ0) is 33.4. The normalized spacial score (nSPS) is 12.5. The predicted octanol–water partition coefficient (Wildman–Crippen LogP) is 6.36. The van der Waals surface area contributed by atoms with Crippen LogP contribution in [0.15, 0.2) is 96.4 Å². The molecule has 0 unspecified atom stereocenters. The molecule has 0 aliphatic carbocycles. The van der Waals surface area contributed by atoms with Crippen molar-refractivity contribution >= 4 is 40.7 Å². The Balaban J connectivity index is 1.76. The van der Waals surface area contributed by atoms with Crippen molar-refractivity contribution < 1.29 is 18.8 Å². The van der Waals surface area contributed by atoms with E-state index in [4.69, 9.17) is 11.6 Å². The molecule has 46 heavy (non-hydrogen) atoms. The lowest BCUT2D eigenvalue weighted by molar-refractivity contribution is -0.146. The number of nitrogens with zero attached hydrogens (tertiary/aromatic N) is 3. The average molecular weight is 660 g/mol. The van der Waals surface area contributed by atoms with E-state index in [-0.39, 0.29) is 17.1 Å². The lowest BCUT2D eigenvalue weighted by Crippen LogP contribution is -2.60. The Hall–Kier alpha value is -4.72. The Morgan fingerprint density at radius 2 is 1.52 bits per heavy atom. The van der Waals surface area contributed by atoms with E-state index in [1.165, 1.54) is 30.5 Å². The van der Waals surface area contributed by atoms with Crippen LogP contribution < -0.4 is 10.6 Å². The van der Waals surface area contributed by atoms with E-state index in [2.05, 4.69) is 10.6 Å². The molecular weight excluding hydrogens is 625 g/mol. The molecular formula is C35H35ClFN5O3S. The summed E-state index contributed by atoms with van der Waals surface area (Å²) in [4.78, 5) is 42.2. The molecule has 8 nitrogen and oxygen atoms in total. The number of hydrazine groups is 1. The fourth-order valence-electron chi connectivity index (χ4n) is 5.07. The maximum absolute atomic E-state index is 14.8. The Bertz CT molecular complexity index is 1650. The highest BCUT2D eigenvalue weighted by molar-refractivity contribution is 7.12. The van der Waals surface area contributed by atoms with Crippen LogP contribution in [0.2, 0.25) is 5.02 Å². The number of halogens is 2. The average Bonchev–Trinajstić information content (AvgIpc) is 3.59. The zero-order valence-corrected chi connectivity index (χ0v) is 27.5. The lowest BCUT2D eigenvalue weighted by atomic mass is 9.82. The molecule has 11 heteroatoms. The minimum Gasteiger partial charge on any atom is -0.342 e. The standard InChI is InChI=1S/C35H35ClFN5O3S/c1-35(2,3)31(40-32(43)27-19-12-20-46-27)33(44)39-30(28(23-13-7-5-8-14-23)24-15-9-6-10-16-24)34(45)41(4)42(22-38)21-25-17-11-18-26(36)29(25)37/h5-20,28,30-31H,21H2,1-4H3,(H,39,44)(H,40,43)/t30-,31+/m0/s1. The van der Waals surface area contributed by atoms with Crippen LogP contribution in [0, 0.1) is 22.7 Å². The topological polar surface area (TPSA) is 106 Å². The van der Waals surface area contributed by atoms with Gasteiger partial charge in [0.2, 0.25) is 5.91 Å². The second kappa shape index (κ2) is 15.0. The summed E-state index contributed by atoms with van der Waals surface area (Å²) in [5.41, 5.74) is 0.843. The molecule has 0 bridgehead atoms. The molecule has 2 N–H and O–H groups in total. The van der Waals surface area contributed by atoms with Crippen LogP contribution in [0.25, 0.3) is 0 Å². The number of hydrogen-bond donors (Lipinski definition) is 2. The number of rotatable bonds is 11. The van der Waals surface area contributed by atoms with Crippen molar-refractivity contribution in [2.75, 3.05) is 7.05 Å². The van der Waals surface area contributed by atoms with Crippen LogP contribution in [0.3, 0.4) is 0 Å². The SMILES string of the molecule is CN(C(=O)[C@@H](NC(=O)[C@@H](NC(=O)c1cccs1)C(C)(C)C)C(c1ccccc1)c1ccccc1)N(C#N)Cc1cccc(Cl)c1F. The molecule has 0 saturated heterocycles. The van der Waals surface area contributed by atoms with E-state index in [9.17, 15) is 24.0 Å². The first-order valence-electron chi connectivity index (χ1n) is 14.5. The monoisotopic (exact) mass is 659 g/mol. The summed E-state index contributed by atoms with van der Waals surface area (Å²) in [6.45, 7) is 5.17. The van der Waals surface area contributed by atoms with Crippen LogP contribution >= 0.6 is 22.9 Å².